The molecule has 0 aliphatic carbocycles. The van der Waals surface area contributed by atoms with Crippen LogP contribution in [0.15, 0.2) is 36.4 Å². The molecule has 1 heterocycles. The van der Waals surface area contributed by atoms with Crippen LogP contribution >= 0.6 is 0 Å². The summed E-state index contributed by atoms with van der Waals surface area (Å²) in [6.45, 7) is 3.28. The summed E-state index contributed by atoms with van der Waals surface area (Å²) >= 11 is 0. The number of fused-ring (bicyclic) bond motifs is 1. The summed E-state index contributed by atoms with van der Waals surface area (Å²) in [7, 11) is 0. The van der Waals surface area contributed by atoms with Crippen molar-refractivity contribution < 1.29 is 9.47 Å². The molecule has 2 aromatic rings. The fourth-order valence-corrected chi connectivity index (χ4v) is 2.19. The lowest BCUT2D eigenvalue weighted by Crippen LogP contribution is -2.15. The second kappa shape index (κ2) is 5.33. The molecule has 1 aliphatic rings. The summed E-state index contributed by atoms with van der Waals surface area (Å²) in [6.07, 6.45) is 1.03. The Labute approximate surface area is 118 Å². The SMILES string of the molecule is CCc1ccc(Nc2cc3c(cc2N)OCCO3)cc1. The lowest BCUT2D eigenvalue weighted by Gasteiger charge is -2.20. The molecular weight excluding hydrogens is 252 g/mol. The molecule has 0 bridgehead atoms. The van der Waals surface area contributed by atoms with Gasteiger partial charge in [-0.15, -0.1) is 0 Å². The summed E-state index contributed by atoms with van der Waals surface area (Å²) < 4.78 is 11.1. The van der Waals surface area contributed by atoms with E-state index in [1.165, 1.54) is 5.56 Å². The zero-order valence-electron chi connectivity index (χ0n) is 11.5. The zero-order chi connectivity index (χ0) is 13.9. The first kappa shape index (κ1) is 12.7. The van der Waals surface area contributed by atoms with Crippen molar-refractivity contribution in [1.29, 1.82) is 0 Å². The molecule has 20 heavy (non-hydrogen) atoms. The third-order valence-corrected chi connectivity index (χ3v) is 3.36. The minimum absolute atomic E-state index is 0.567. The van der Waals surface area contributed by atoms with Gasteiger partial charge in [0.05, 0.1) is 11.4 Å². The molecule has 4 nitrogen and oxygen atoms in total. The maximum Gasteiger partial charge on any atom is 0.163 e. The molecule has 0 saturated heterocycles. The van der Waals surface area contributed by atoms with E-state index in [4.69, 9.17) is 15.2 Å². The van der Waals surface area contributed by atoms with E-state index < -0.39 is 0 Å². The van der Waals surface area contributed by atoms with E-state index >= 15 is 0 Å². The van der Waals surface area contributed by atoms with Crippen molar-refractivity contribution in [2.75, 3.05) is 24.3 Å². The summed E-state index contributed by atoms with van der Waals surface area (Å²) in [4.78, 5) is 0. The van der Waals surface area contributed by atoms with E-state index in [0.29, 0.717) is 24.7 Å². The van der Waals surface area contributed by atoms with Crippen molar-refractivity contribution in [3.8, 4) is 11.5 Å². The third-order valence-electron chi connectivity index (χ3n) is 3.36. The number of nitrogen functional groups attached to an aromatic ring is 1. The van der Waals surface area contributed by atoms with Gasteiger partial charge in [0, 0.05) is 17.8 Å². The zero-order valence-corrected chi connectivity index (χ0v) is 11.5. The van der Waals surface area contributed by atoms with E-state index in [1.807, 2.05) is 6.07 Å². The number of ether oxygens (including phenoxy) is 2. The first-order valence-corrected chi connectivity index (χ1v) is 6.81. The van der Waals surface area contributed by atoms with Crippen molar-refractivity contribution in [1.82, 2.24) is 0 Å². The van der Waals surface area contributed by atoms with Gasteiger partial charge in [-0.05, 0) is 24.1 Å². The van der Waals surface area contributed by atoms with Crippen molar-refractivity contribution in [3.05, 3.63) is 42.0 Å². The molecule has 1 aliphatic heterocycles. The molecule has 0 atom stereocenters. The van der Waals surface area contributed by atoms with Crippen LogP contribution in [0.4, 0.5) is 17.1 Å². The van der Waals surface area contributed by atoms with Gasteiger partial charge >= 0.3 is 0 Å². The van der Waals surface area contributed by atoms with Gasteiger partial charge in [-0.1, -0.05) is 19.1 Å². The number of rotatable bonds is 3. The Morgan fingerprint density at radius 1 is 1.05 bits per heavy atom. The summed E-state index contributed by atoms with van der Waals surface area (Å²) in [6, 6.07) is 12.0. The van der Waals surface area contributed by atoms with Crippen molar-refractivity contribution >= 4 is 17.1 Å². The average molecular weight is 270 g/mol. The average Bonchev–Trinajstić information content (AvgIpc) is 2.49. The van der Waals surface area contributed by atoms with Crippen molar-refractivity contribution in [3.63, 3.8) is 0 Å². The Kier molecular flexibility index (Phi) is 3.37. The van der Waals surface area contributed by atoms with Gasteiger partial charge in [0.2, 0.25) is 0 Å². The normalized spacial score (nSPS) is 13.1. The first-order chi connectivity index (χ1) is 9.76. The predicted octanol–water partition coefficient (Wildman–Crippen LogP) is 3.35. The van der Waals surface area contributed by atoms with Crippen LogP contribution in [-0.2, 0) is 6.42 Å². The van der Waals surface area contributed by atoms with Gasteiger partial charge in [-0.2, -0.15) is 0 Å². The lowest BCUT2D eigenvalue weighted by molar-refractivity contribution is 0.172. The molecule has 104 valence electrons. The predicted molar refractivity (Wildman–Crippen MR) is 80.9 cm³/mol. The highest BCUT2D eigenvalue weighted by Crippen LogP contribution is 2.38. The molecule has 4 heteroatoms. The Hall–Kier alpha value is -2.36. The minimum Gasteiger partial charge on any atom is -0.486 e. The summed E-state index contributed by atoms with van der Waals surface area (Å²) in [5.41, 5.74) is 9.85. The van der Waals surface area contributed by atoms with Crippen LogP contribution in [0.25, 0.3) is 0 Å². The maximum absolute atomic E-state index is 6.05. The second-order valence-corrected chi connectivity index (χ2v) is 4.76. The summed E-state index contributed by atoms with van der Waals surface area (Å²) in [5.74, 6) is 1.44. The Morgan fingerprint density at radius 3 is 2.35 bits per heavy atom. The summed E-state index contributed by atoms with van der Waals surface area (Å²) in [5, 5.41) is 3.31. The fourth-order valence-electron chi connectivity index (χ4n) is 2.19. The van der Waals surface area contributed by atoms with Gasteiger partial charge in [-0.25, -0.2) is 0 Å². The van der Waals surface area contributed by atoms with Crippen LogP contribution in [0, 0.1) is 0 Å². The molecule has 0 amide bonds. The molecular formula is C16H18N2O2. The molecule has 0 radical (unpaired) electrons. The Bertz CT molecular complexity index is 609. The minimum atomic E-state index is 0.567. The van der Waals surface area contributed by atoms with Crippen LogP contribution in [0.1, 0.15) is 12.5 Å². The molecule has 2 aromatic carbocycles. The largest absolute Gasteiger partial charge is 0.486 e. The van der Waals surface area contributed by atoms with Gasteiger partial charge in [0.15, 0.2) is 11.5 Å². The first-order valence-electron chi connectivity index (χ1n) is 6.81. The number of hydrogen-bond acceptors (Lipinski definition) is 4. The van der Waals surface area contributed by atoms with Crippen LogP contribution in [0.5, 0.6) is 11.5 Å². The van der Waals surface area contributed by atoms with Crippen molar-refractivity contribution in [2.24, 2.45) is 0 Å². The van der Waals surface area contributed by atoms with Crippen LogP contribution < -0.4 is 20.5 Å². The molecule has 0 saturated carbocycles. The third kappa shape index (κ3) is 2.50. The van der Waals surface area contributed by atoms with E-state index in [-0.39, 0.29) is 0 Å². The number of benzene rings is 2. The molecule has 0 unspecified atom stereocenters. The van der Waals surface area contributed by atoms with Crippen LogP contribution in [0.3, 0.4) is 0 Å². The van der Waals surface area contributed by atoms with Gasteiger partial charge in [0.25, 0.3) is 0 Å². The second-order valence-electron chi connectivity index (χ2n) is 4.76. The number of aryl methyl sites for hydroxylation is 1. The number of hydrogen-bond donors (Lipinski definition) is 2. The Morgan fingerprint density at radius 2 is 1.70 bits per heavy atom. The number of nitrogens with one attached hydrogen (secondary N) is 1. The highest BCUT2D eigenvalue weighted by molar-refractivity contribution is 5.76. The molecule has 0 spiro atoms. The number of anilines is 3. The maximum atomic E-state index is 6.05. The van der Waals surface area contributed by atoms with Gasteiger partial charge in [0.1, 0.15) is 13.2 Å². The smallest absolute Gasteiger partial charge is 0.163 e. The molecule has 3 rings (SSSR count). The van der Waals surface area contributed by atoms with Gasteiger partial charge in [-0.3, -0.25) is 0 Å². The van der Waals surface area contributed by atoms with E-state index in [0.717, 1.165) is 23.5 Å². The molecule has 3 N–H and O–H groups in total. The monoisotopic (exact) mass is 270 g/mol. The quantitative estimate of drug-likeness (QED) is 0.840. The lowest BCUT2D eigenvalue weighted by atomic mass is 10.1. The highest BCUT2D eigenvalue weighted by Gasteiger charge is 2.14. The molecule has 0 fully saturated rings. The van der Waals surface area contributed by atoms with Gasteiger partial charge < -0.3 is 20.5 Å². The highest BCUT2D eigenvalue weighted by atomic mass is 16.6. The van der Waals surface area contributed by atoms with E-state index in [1.54, 1.807) is 6.07 Å². The van der Waals surface area contributed by atoms with Crippen LogP contribution in [0.2, 0.25) is 0 Å². The van der Waals surface area contributed by atoms with E-state index in [9.17, 15) is 0 Å². The molecule has 0 aromatic heterocycles. The van der Waals surface area contributed by atoms with E-state index in [2.05, 4.69) is 36.5 Å². The fraction of sp³-hybridized carbons (Fsp3) is 0.250. The van der Waals surface area contributed by atoms with Crippen molar-refractivity contribution in [2.45, 2.75) is 13.3 Å². The van der Waals surface area contributed by atoms with Crippen LogP contribution in [-0.4, -0.2) is 13.2 Å². The standard InChI is InChI=1S/C16H18N2O2/c1-2-11-3-5-12(6-4-11)18-14-10-16-15(9-13(14)17)19-7-8-20-16/h3-6,9-10,18H,2,7-8,17H2,1H3. The number of nitrogens with two attached hydrogens (primary N) is 1. The Balaban J connectivity index is 1.86. The topological polar surface area (TPSA) is 56.5 Å².